The molecular formula is C15H14BrF3N2. The Bertz CT molecular complexity index is 723. The molecule has 6 heteroatoms. The van der Waals surface area contributed by atoms with Gasteiger partial charge in [-0.05, 0) is 66.4 Å². The summed E-state index contributed by atoms with van der Waals surface area (Å²) in [5.74, 6) is 0. The van der Waals surface area contributed by atoms with Gasteiger partial charge in [0.05, 0.1) is 11.1 Å². The van der Waals surface area contributed by atoms with Gasteiger partial charge in [-0.15, -0.1) is 0 Å². The van der Waals surface area contributed by atoms with E-state index >= 15 is 0 Å². The van der Waals surface area contributed by atoms with Crippen LogP contribution < -0.4 is 5.32 Å². The molecule has 0 atom stereocenters. The fourth-order valence-electron chi connectivity index (χ4n) is 2.72. The smallest absolute Gasteiger partial charge is 0.380 e. The second-order valence-corrected chi connectivity index (χ2v) is 6.84. The number of rotatable bonds is 0. The maximum Gasteiger partial charge on any atom is 0.417 e. The minimum Gasteiger partial charge on any atom is -0.380 e. The van der Waals surface area contributed by atoms with Gasteiger partial charge in [-0.2, -0.15) is 13.2 Å². The molecule has 2 aromatic rings. The van der Waals surface area contributed by atoms with E-state index in [1.165, 1.54) is 0 Å². The monoisotopic (exact) mass is 358 g/mol. The van der Waals surface area contributed by atoms with Gasteiger partial charge in [-0.3, -0.25) is 0 Å². The van der Waals surface area contributed by atoms with Crippen LogP contribution in [0.1, 0.15) is 31.4 Å². The van der Waals surface area contributed by atoms with Crippen LogP contribution in [0.15, 0.2) is 22.8 Å². The Kier molecular flexibility index (Phi) is 3.20. The summed E-state index contributed by atoms with van der Waals surface area (Å²) in [6.07, 6.45) is -2.74. The molecule has 2 nitrogen and oxygen atoms in total. The number of nitrogens with one attached hydrogen (secondary N) is 1. The summed E-state index contributed by atoms with van der Waals surface area (Å²) in [4.78, 5) is 4.18. The number of hydrogen-bond donors (Lipinski definition) is 1. The quantitative estimate of drug-likeness (QED) is 0.658. The van der Waals surface area contributed by atoms with E-state index in [1.54, 1.807) is 12.1 Å². The molecule has 2 heterocycles. The summed E-state index contributed by atoms with van der Waals surface area (Å²) in [5, 5.41) is 3.53. The van der Waals surface area contributed by atoms with Crippen LogP contribution >= 0.6 is 15.9 Å². The summed E-state index contributed by atoms with van der Waals surface area (Å²) in [5.41, 5.74) is 1.43. The second kappa shape index (κ2) is 4.60. The fourth-order valence-corrected chi connectivity index (χ4v) is 3.14. The van der Waals surface area contributed by atoms with E-state index in [-0.39, 0.29) is 15.5 Å². The van der Waals surface area contributed by atoms with Crippen LogP contribution in [0.3, 0.4) is 0 Å². The highest BCUT2D eigenvalue weighted by Gasteiger charge is 2.34. The molecule has 21 heavy (non-hydrogen) atoms. The third kappa shape index (κ3) is 2.73. The topological polar surface area (TPSA) is 24.9 Å². The van der Waals surface area contributed by atoms with Crippen molar-refractivity contribution in [1.82, 2.24) is 4.98 Å². The van der Waals surface area contributed by atoms with Crippen molar-refractivity contribution in [3.05, 3.63) is 33.9 Å². The minimum absolute atomic E-state index is 0.0560. The number of alkyl halides is 3. The van der Waals surface area contributed by atoms with Gasteiger partial charge in [0.15, 0.2) is 0 Å². The van der Waals surface area contributed by atoms with Gasteiger partial charge in [0.2, 0.25) is 0 Å². The van der Waals surface area contributed by atoms with E-state index in [2.05, 4.69) is 40.1 Å². The lowest BCUT2D eigenvalue weighted by atomic mass is 9.88. The molecule has 1 N–H and O–H groups in total. The first-order valence-electron chi connectivity index (χ1n) is 6.64. The summed E-state index contributed by atoms with van der Waals surface area (Å²) in [6, 6.07) is 4.37. The Morgan fingerprint density at radius 1 is 1.24 bits per heavy atom. The predicted octanol–water partition coefficient (Wildman–Crippen LogP) is 5.15. The summed E-state index contributed by atoms with van der Waals surface area (Å²) in [6.45, 7) is 4.16. The standard InChI is InChI=1S/C15H14BrF3N2/c1-14(2)4-3-8-5-9-10(15(17,18)19)6-13(16)20-12(9)7-11(8)21-14/h5-7,21H,3-4H2,1-2H3. The number of aryl methyl sites for hydroxylation is 1. The van der Waals surface area contributed by atoms with E-state index in [1.807, 2.05) is 0 Å². The molecule has 0 spiro atoms. The maximum atomic E-state index is 13.2. The highest BCUT2D eigenvalue weighted by molar-refractivity contribution is 9.10. The van der Waals surface area contributed by atoms with Crippen molar-refractivity contribution in [2.75, 3.05) is 5.32 Å². The van der Waals surface area contributed by atoms with Crippen molar-refractivity contribution in [2.24, 2.45) is 0 Å². The molecule has 0 fully saturated rings. The van der Waals surface area contributed by atoms with Crippen molar-refractivity contribution >= 4 is 32.5 Å². The highest BCUT2D eigenvalue weighted by atomic mass is 79.9. The van der Waals surface area contributed by atoms with Crippen molar-refractivity contribution in [3.8, 4) is 0 Å². The number of benzene rings is 1. The molecule has 0 unspecified atom stereocenters. The number of aromatic nitrogens is 1. The number of anilines is 1. The van der Waals surface area contributed by atoms with E-state index in [4.69, 9.17) is 0 Å². The lowest BCUT2D eigenvalue weighted by molar-refractivity contribution is -0.136. The average Bonchev–Trinajstić information content (AvgIpc) is 2.33. The number of fused-ring (bicyclic) bond motifs is 2. The molecule has 0 amide bonds. The number of pyridine rings is 1. The third-order valence-corrected chi connectivity index (χ3v) is 4.21. The Labute approximate surface area is 128 Å². The molecule has 3 rings (SSSR count). The first kappa shape index (κ1) is 14.6. The Morgan fingerprint density at radius 2 is 1.95 bits per heavy atom. The minimum atomic E-state index is -4.39. The number of nitrogens with zero attached hydrogens (tertiary/aromatic N) is 1. The molecule has 0 radical (unpaired) electrons. The zero-order chi connectivity index (χ0) is 15.4. The molecule has 0 saturated heterocycles. The largest absolute Gasteiger partial charge is 0.417 e. The summed E-state index contributed by atoms with van der Waals surface area (Å²) in [7, 11) is 0. The zero-order valence-electron chi connectivity index (χ0n) is 11.6. The van der Waals surface area contributed by atoms with Crippen LogP contribution in [0.5, 0.6) is 0 Å². The lowest BCUT2D eigenvalue weighted by Gasteiger charge is -2.34. The molecule has 0 aliphatic carbocycles. The molecule has 1 aliphatic heterocycles. The van der Waals surface area contributed by atoms with Crippen molar-refractivity contribution in [3.63, 3.8) is 0 Å². The SMILES string of the molecule is CC1(C)CCc2cc3c(C(F)(F)F)cc(Br)nc3cc2N1. The van der Waals surface area contributed by atoms with E-state index < -0.39 is 11.7 Å². The fraction of sp³-hybridized carbons (Fsp3) is 0.400. The molecule has 1 aliphatic rings. The van der Waals surface area contributed by atoms with Gasteiger partial charge >= 0.3 is 6.18 Å². The zero-order valence-corrected chi connectivity index (χ0v) is 13.2. The average molecular weight is 359 g/mol. The number of hydrogen-bond acceptors (Lipinski definition) is 2. The van der Waals surface area contributed by atoms with Crippen LogP contribution in [0, 0.1) is 0 Å². The third-order valence-electron chi connectivity index (χ3n) is 3.80. The Balaban J connectivity index is 2.25. The molecule has 112 valence electrons. The van der Waals surface area contributed by atoms with Gasteiger partial charge in [-0.25, -0.2) is 4.98 Å². The molecule has 1 aromatic carbocycles. The van der Waals surface area contributed by atoms with Crippen molar-refractivity contribution in [1.29, 1.82) is 0 Å². The van der Waals surface area contributed by atoms with Crippen LogP contribution in [0.4, 0.5) is 18.9 Å². The van der Waals surface area contributed by atoms with Crippen LogP contribution in [0.25, 0.3) is 10.9 Å². The maximum absolute atomic E-state index is 13.2. The summed E-state index contributed by atoms with van der Waals surface area (Å²) < 4.78 is 39.8. The van der Waals surface area contributed by atoms with Crippen molar-refractivity contribution < 1.29 is 13.2 Å². The lowest BCUT2D eigenvalue weighted by Crippen LogP contribution is -2.35. The van der Waals surface area contributed by atoms with Crippen LogP contribution in [-0.2, 0) is 12.6 Å². The van der Waals surface area contributed by atoms with Gasteiger partial charge in [0.25, 0.3) is 0 Å². The van der Waals surface area contributed by atoms with Gasteiger partial charge in [-0.1, -0.05) is 0 Å². The first-order chi connectivity index (χ1) is 9.66. The Hall–Kier alpha value is -1.30. The van der Waals surface area contributed by atoms with E-state index in [9.17, 15) is 13.2 Å². The van der Waals surface area contributed by atoms with E-state index in [0.717, 1.165) is 30.2 Å². The van der Waals surface area contributed by atoms with Gasteiger partial charge in [0, 0.05) is 16.6 Å². The van der Waals surface area contributed by atoms with E-state index in [0.29, 0.717) is 5.52 Å². The predicted molar refractivity (Wildman–Crippen MR) is 80.5 cm³/mol. The van der Waals surface area contributed by atoms with Crippen LogP contribution in [-0.4, -0.2) is 10.5 Å². The summed E-state index contributed by atoms with van der Waals surface area (Å²) >= 11 is 3.06. The normalized spacial score (nSPS) is 17.4. The molecule has 1 aromatic heterocycles. The number of halogens is 4. The van der Waals surface area contributed by atoms with Crippen molar-refractivity contribution in [2.45, 2.75) is 38.4 Å². The van der Waals surface area contributed by atoms with Crippen LogP contribution in [0.2, 0.25) is 0 Å². The first-order valence-corrected chi connectivity index (χ1v) is 7.44. The molecule has 0 saturated carbocycles. The highest BCUT2D eigenvalue weighted by Crippen LogP contribution is 2.39. The molecular weight excluding hydrogens is 345 g/mol. The Morgan fingerprint density at radius 3 is 2.62 bits per heavy atom. The van der Waals surface area contributed by atoms with Gasteiger partial charge < -0.3 is 5.32 Å². The van der Waals surface area contributed by atoms with Gasteiger partial charge in [0.1, 0.15) is 4.60 Å². The second-order valence-electron chi connectivity index (χ2n) is 6.03. The molecule has 0 bridgehead atoms.